The Kier molecular flexibility index (Phi) is 54.1. The second kappa shape index (κ2) is 58.7. The summed E-state index contributed by atoms with van der Waals surface area (Å²) in [5, 5.41) is 87.5. The second-order valence-electron chi connectivity index (χ2n) is 25.0. The maximum absolute atomic E-state index is 13.3. The highest BCUT2D eigenvalue weighted by Crippen LogP contribution is 2.30. The fourth-order valence-electron chi connectivity index (χ4n) is 11.3. The Morgan fingerprint density at radius 3 is 1.19 bits per heavy atom. The molecular weight excluding hydrogens is 1120 g/mol. The highest BCUT2D eigenvalue weighted by atomic mass is 16.7. The van der Waals surface area contributed by atoms with Crippen LogP contribution in [0.5, 0.6) is 0 Å². The number of aliphatic hydroxyl groups is 8. The SMILES string of the molecule is CC/C=C\C/C=C\C/C=C\C/C=C\C/C=C\C/C=C\C/C=C\CCCCCCCCCCCC(=O)NC(COC1OC(CO)C(OC2OC(CO)C(O)C(O)C2O)C(O)C1O)C(O)/C=C/CCCCCCCCCCCCCCCCCCCCCCCC. The van der Waals surface area contributed by atoms with E-state index in [0.29, 0.717) is 6.42 Å². The summed E-state index contributed by atoms with van der Waals surface area (Å²) in [4.78, 5) is 13.3. The van der Waals surface area contributed by atoms with Crippen molar-refractivity contribution in [1.82, 2.24) is 5.32 Å². The molecule has 2 rings (SSSR count). The van der Waals surface area contributed by atoms with Gasteiger partial charge < -0.3 is 65.1 Å². The van der Waals surface area contributed by atoms with Crippen molar-refractivity contribution in [3.8, 4) is 0 Å². The Hall–Kier alpha value is -3.09. The molecule has 12 atom stereocenters. The van der Waals surface area contributed by atoms with Crippen molar-refractivity contribution in [3.05, 3.63) is 97.2 Å². The fraction of sp³-hybridized carbons (Fsp3) is 0.773. The van der Waals surface area contributed by atoms with Crippen LogP contribution >= 0.6 is 0 Å². The molecule has 0 spiro atoms. The number of allylic oxidation sites excluding steroid dienone is 15. The van der Waals surface area contributed by atoms with Gasteiger partial charge in [0.15, 0.2) is 12.6 Å². The Bertz CT molecular complexity index is 1860. The maximum Gasteiger partial charge on any atom is 0.220 e. The van der Waals surface area contributed by atoms with Gasteiger partial charge in [0.2, 0.25) is 5.91 Å². The summed E-state index contributed by atoms with van der Waals surface area (Å²) in [6.45, 7) is 2.71. The molecule has 514 valence electrons. The van der Waals surface area contributed by atoms with Crippen LogP contribution in [0.1, 0.15) is 277 Å². The molecule has 2 aliphatic heterocycles. The number of rotatable bonds is 58. The van der Waals surface area contributed by atoms with Crippen LogP contribution in [0.3, 0.4) is 0 Å². The summed E-state index contributed by atoms with van der Waals surface area (Å²) in [7, 11) is 0. The molecule has 2 fully saturated rings. The Morgan fingerprint density at radius 1 is 0.416 bits per heavy atom. The minimum absolute atomic E-state index is 0.247. The highest BCUT2D eigenvalue weighted by Gasteiger charge is 2.51. The summed E-state index contributed by atoms with van der Waals surface area (Å²) in [5.41, 5.74) is 0. The van der Waals surface area contributed by atoms with Crippen LogP contribution in [-0.4, -0.2) is 140 Å². The number of aliphatic hydroxyl groups excluding tert-OH is 8. The molecule has 0 aromatic carbocycles. The lowest BCUT2D eigenvalue weighted by molar-refractivity contribution is -0.359. The molecule has 0 aromatic rings. The Morgan fingerprint density at radius 2 is 0.775 bits per heavy atom. The number of amides is 1. The lowest BCUT2D eigenvalue weighted by Crippen LogP contribution is -2.65. The van der Waals surface area contributed by atoms with Crippen molar-refractivity contribution >= 4 is 5.91 Å². The fourth-order valence-corrected chi connectivity index (χ4v) is 11.3. The van der Waals surface area contributed by atoms with E-state index in [1.165, 1.54) is 161 Å². The largest absolute Gasteiger partial charge is 0.394 e. The smallest absolute Gasteiger partial charge is 0.220 e. The first-order valence-electron chi connectivity index (χ1n) is 36.0. The van der Waals surface area contributed by atoms with Crippen LogP contribution < -0.4 is 5.32 Å². The monoisotopic (exact) mass is 1250 g/mol. The first kappa shape index (κ1) is 82.0. The van der Waals surface area contributed by atoms with Crippen LogP contribution in [0.15, 0.2) is 97.2 Å². The van der Waals surface area contributed by atoms with E-state index in [2.05, 4.69) is 104 Å². The number of ether oxygens (including phenoxy) is 4. The summed E-state index contributed by atoms with van der Waals surface area (Å²) in [6, 6.07) is -0.926. The first-order valence-corrected chi connectivity index (χ1v) is 36.0. The normalized spacial score (nSPS) is 23.6. The van der Waals surface area contributed by atoms with Gasteiger partial charge in [-0.25, -0.2) is 0 Å². The van der Waals surface area contributed by atoms with Gasteiger partial charge in [-0.15, -0.1) is 0 Å². The van der Waals surface area contributed by atoms with E-state index in [-0.39, 0.29) is 18.9 Å². The molecular formula is C75H131NO13. The summed E-state index contributed by atoms with van der Waals surface area (Å²) >= 11 is 0. The van der Waals surface area contributed by atoms with Crippen LogP contribution in [0, 0.1) is 0 Å². The zero-order valence-electron chi connectivity index (χ0n) is 55.9. The summed E-state index contributed by atoms with van der Waals surface area (Å²) in [5.74, 6) is -0.247. The lowest BCUT2D eigenvalue weighted by Gasteiger charge is -2.46. The highest BCUT2D eigenvalue weighted by molar-refractivity contribution is 5.76. The van der Waals surface area contributed by atoms with Gasteiger partial charge in [0, 0.05) is 6.42 Å². The maximum atomic E-state index is 13.3. The Labute approximate surface area is 541 Å². The minimum atomic E-state index is -1.79. The number of carbonyl (C=O) groups is 1. The van der Waals surface area contributed by atoms with E-state index in [4.69, 9.17) is 18.9 Å². The van der Waals surface area contributed by atoms with E-state index in [9.17, 15) is 45.6 Å². The number of unbranched alkanes of at least 4 members (excludes halogenated alkanes) is 31. The number of hydrogen-bond donors (Lipinski definition) is 9. The van der Waals surface area contributed by atoms with Crippen molar-refractivity contribution in [3.63, 3.8) is 0 Å². The van der Waals surface area contributed by atoms with Crippen LogP contribution in [0.2, 0.25) is 0 Å². The zero-order valence-corrected chi connectivity index (χ0v) is 55.9. The molecule has 14 nitrogen and oxygen atoms in total. The van der Waals surface area contributed by atoms with Crippen LogP contribution in [0.4, 0.5) is 0 Å². The molecule has 9 N–H and O–H groups in total. The predicted molar refractivity (Wildman–Crippen MR) is 364 cm³/mol. The van der Waals surface area contributed by atoms with Gasteiger partial charge >= 0.3 is 0 Å². The van der Waals surface area contributed by atoms with Crippen molar-refractivity contribution in [2.24, 2.45) is 0 Å². The van der Waals surface area contributed by atoms with Crippen molar-refractivity contribution in [2.75, 3.05) is 19.8 Å². The van der Waals surface area contributed by atoms with Gasteiger partial charge in [0.25, 0.3) is 0 Å². The molecule has 2 aliphatic rings. The molecule has 89 heavy (non-hydrogen) atoms. The van der Waals surface area contributed by atoms with Crippen molar-refractivity contribution < 1.29 is 64.6 Å². The van der Waals surface area contributed by atoms with Crippen LogP contribution in [0.25, 0.3) is 0 Å². The van der Waals surface area contributed by atoms with Gasteiger partial charge in [-0.2, -0.15) is 0 Å². The molecule has 0 aliphatic carbocycles. The average molecular weight is 1250 g/mol. The molecule has 0 saturated carbocycles. The van der Waals surface area contributed by atoms with Crippen LogP contribution in [-0.2, 0) is 23.7 Å². The van der Waals surface area contributed by atoms with Gasteiger partial charge in [-0.3, -0.25) is 4.79 Å². The summed E-state index contributed by atoms with van der Waals surface area (Å²) < 4.78 is 22.9. The second-order valence-corrected chi connectivity index (χ2v) is 25.0. The zero-order chi connectivity index (χ0) is 64.5. The third-order valence-electron chi connectivity index (χ3n) is 17.0. The summed E-state index contributed by atoms with van der Waals surface area (Å²) in [6.07, 6.45) is 65.9. The molecule has 2 heterocycles. The molecule has 0 radical (unpaired) electrons. The van der Waals surface area contributed by atoms with E-state index in [0.717, 1.165) is 89.9 Å². The van der Waals surface area contributed by atoms with Gasteiger partial charge in [0.05, 0.1) is 32.0 Å². The third kappa shape index (κ3) is 42.7. The molecule has 0 aromatic heterocycles. The number of carbonyl (C=O) groups excluding carboxylic acids is 1. The molecule has 1 amide bonds. The van der Waals surface area contributed by atoms with E-state index >= 15 is 0 Å². The van der Waals surface area contributed by atoms with Crippen molar-refractivity contribution in [1.29, 1.82) is 0 Å². The predicted octanol–water partition coefficient (Wildman–Crippen LogP) is 15.0. The van der Waals surface area contributed by atoms with E-state index in [1.54, 1.807) is 6.08 Å². The molecule has 12 unspecified atom stereocenters. The third-order valence-corrected chi connectivity index (χ3v) is 17.0. The van der Waals surface area contributed by atoms with E-state index in [1.807, 2.05) is 6.08 Å². The van der Waals surface area contributed by atoms with Gasteiger partial charge in [-0.05, 0) is 77.0 Å². The van der Waals surface area contributed by atoms with E-state index < -0.39 is 86.8 Å². The van der Waals surface area contributed by atoms with Crippen molar-refractivity contribution in [2.45, 2.75) is 351 Å². The minimum Gasteiger partial charge on any atom is -0.394 e. The standard InChI is InChI=1S/C75H131NO13/c1-3-5-7-9-11-13-15-17-19-21-23-25-27-29-30-31-32-33-34-35-37-39-41-43-45-47-49-51-53-55-57-59-67(80)76-63(62-86-74-72(85)70(83)73(66(61-78)88-74)89-75-71(84)69(82)68(81)65(60-77)87-75)64(79)58-56-54-52-50-48-46-44-42-40-38-36-28-26-24-22-20-18-16-14-12-10-8-6-4-2/h5,7,11,13,17,19,23,25,29-30,32-33,35,37,56,58,63-66,68-75,77-79,81-85H,3-4,6,8-10,12,14-16,18,20-22,24,26-28,31,34,36,38-55,57,59-62H2,1-2H3,(H,76,80)/b7-5-,13-11-,19-17-,25-23-,30-29-,33-32-,37-35-,58-56+. The molecule has 2 saturated heterocycles. The Balaban J connectivity index is 1.69. The quantitative estimate of drug-likeness (QED) is 0.0204. The molecule has 14 heteroatoms. The molecule has 0 bridgehead atoms. The van der Waals surface area contributed by atoms with Gasteiger partial charge in [0.1, 0.15) is 48.8 Å². The lowest BCUT2D eigenvalue weighted by atomic mass is 9.97. The number of nitrogens with one attached hydrogen (secondary N) is 1. The topological polar surface area (TPSA) is 228 Å². The average Bonchev–Trinajstić information content (AvgIpc) is 2.53. The first-order chi connectivity index (χ1) is 43.6. The number of hydrogen-bond acceptors (Lipinski definition) is 13. The van der Waals surface area contributed by atoms with Gasteiger partial charge in [-0.1, -0.05) is 291 Å².